The lowest BCUT2D eigenvalue weighted by Gasteiger charge is -2.17. The predicted octanol–water partition coefficient (Wildman–Crippen LogP) is 5.17. The molecule has 0 unspecified atom stereocenters. The smallest absolute Gasteiger partial charge is 0.182 e. The molecule has 25 heavy (non-hydrogen) atoms. The highest BCUT2D eigenvalue weighted by molar-refractivity contribution is 5.80. The van der Waals surface area contributed by atoms with Crippen molar-refractivity contribution in [3.63, 3.8) is 0 Å². The van der Waals surface area contributed by atoms with E-state index in [1.54, 1.807) is 4.68 Å². The fraction of sp³-hybridized carbons (Fsp3) is 0. The molecule has 3 nitrogen and oxygen atoms in total. The zero-order valence-electron chi connectivity index (χ0n) is 13.7. The van der Waals surface area contributed by atoms with Gasteiger partial charge in [0, 0.05) is 18.0 Å². The molecular weight excluding hydrogens is 306 g/mol. The number of hydrogen-bond donors (Lipinski definition) is 0. The van der Waals surface area contributed by atoms with Crippen LogP contribution in [0.4, 0.5) is 5.82 Å². The summed E-state index contributed by atoms with van der Waals surface area (Å²) >= 11 is 0. The fourth-order valence-corrected chi connectivity index (χ4v) is 2.72. The van der Waals surface area contributed by atoms with Crippen LogP contribution in [0.3, 0.4) is 0 Å². The van der Waals surface area contributed by atoms with Gasteiger partial charge in [-0.05, 0) is 28.3 Å². The van der Waals surface area contributed by atoms with Crippen LogP contribution in [0, 0.1) is 0 Å². The number of hydrogen-bond acceptors (Lipinski definition) is 1. The second kappa shape index (κ2) is 6.97. The fourth-order valence-electron chi connectivity index (χ4n) is 2.72. The molecule has 0 radical (unpaired) electrons. The summed E-state index contributed by atoms with van der Waals surface area (Å²) in [5.41, 5.74) is 8.99. The Bertz CT molecular complexity index is 952. The average Bonchev–Trinajstić information content (AvgIpc) is 2.70. The molecule has 0 saturated carbocycles. The number of rotatable bonds is 4. The molecule has 0 aliphatic rings. The summed E-state index contributed by atoms with van der Waals surface area (Å²) in [4.78, 5) is 4.64. The van der Waals surface area contributed by atoms with E-state index in [1.807, 2.05) is 73.2 Å². The molecular formula is C22H17N3. The Balaban J connectivity index is 1.81. The van der Waals surface area contributed by atoms with E-state index in [-0.39, 0.29) is 0 Å². The van der Waals surface area contributed by atoms with Crippen LogP contribution in [0.15, 0.2) is 104 Å². The predicted molar refractivity (Wildman–Crippen MR) is 100 cm³/mol. The normalized spacial score (nSPS) is 10.4. The molecule has 4 aromatic rings. The molecule has 0 N–H and O–H groups in total. The first-order valence-corrected chi connectivity index (χ1v) is 8.19. The quantitative estimate of drug-likeness (QED) is 0.477. The first kappa shape index (κ1) is 15.1. The zero-order chi connectivity index (χ0) is 16.9. The number of aromatic nitrogens is 2. The molecule has 2 aromatic heterocycles. The zero-order valence-corrected chi connectivity index (χ0v) is 13.7. The third-order valence-electron chi connectivity index (χ3n) is 3.97. The van der Waals surface area contributed by atoms with Crippen molar-refractivity contribution in [2.45, 2.75) is 0 Å². The molecule has 0 spiro atoms. The summed E-state index contributed by atoms with van der Waals surface area (Å²) in [6.07, 6.45) is 5.69. The molecule has 0 saturated heterocycles. The Morgan fingerprint density at radius 3 is 1.92 bits per heavy atom. The molecule has 0 aliphatic carbocycles. The largest absolute Gasteiger partial charge is 0.437 e. The van der Waals surface area contributed by atoms with Crippen molar-refractivity contribution >= 4 is 5.82 Å². The third kappa shape index (κ3) is 3.40. The lowest BCUT2D eigenvalue weighted by Crippen LogP contribution is -2.26. The van der Waals surface area contributed by atoms with Gasteiger partial charge in [-0.3, -0.25) is 0 Å². The van der Waals surface area contributed by atoms with E-state index in [0.717, 1.165) is 22.3 Å². The number of benzene rings is 2. The van der Waals surface area contributed by atoms with E-state index in [1.165, 1.54) is 0 Å². The van der Waals surface area contributed by atoms with Gasteiger partial charge in [0.05, 0.1) is 0 Å². The molecule has 120 valence electrons. The van der Waals surface area contributed by atoms with Gasteiger partial charge < -0.3 is 4.98 Å². The molecule has 2 aromatic carbocycles. The van der Waals surface area contributed by atoms with Crippen molar-refractivity contribution in [2.75, 3.05) is 0 Å². The summed E-state index contributed by atoms with van der Waals surface area (Å²) in [5, 5.41) is 0. The van der Waals surface area contributed by atoms with Gasteiger partial charge >= 0.3 is 0 Å². The van der Waals surface area contributed by atoms with E-state index in [9.17, 15) is 0 Å². The Kier molecular flexibility index (Phi) is 4.21. The van der Waals surface area contributed by atoms with Crippen molar-refractivity contribution in [3.05, 3.63) is 109 Å². The number of nitrogens with zero attached hydrogens (tertiary/aromatic N) is 3. The molecule has 3 heteroatoms. The van der Waals surface area contributed by atoms with Crippen LogP contribution in [-0.2, 0) is 0 Å². The van der Waals surface area contributed by atoms with Crippen LogP contribution in [0.2, 0.25) is 0 Å². The molecule has 2 heterocycles. The van der Waals surface area contributed by atoms with Crippen LogP contribution >= 0.6 is 0 Å². The van der Waals surface area contributed by atoms with Crippen LogP contribution < -0.4 is 4.68 Å². The first-order chi connectivity index (χ1) is 12.4. The second-order valence-electron chi connectivity index (χ2n) is 5.68. The molecule has 0 aliphatic heterocycles. The lowest BCUT2D eigenvalue weighted by molar-refractivity contribution is -0.619. The van der Waals surface area contributed by atoms with Crippen molar-refractivity contribution in [1.29, 1.82) is 0 Å². The minimum Gasteiger partial charge on any atom is -0.437 e. The molecule has 0 amide bonds. The van der Waals surface area contributed by atoms with E-state index >= 15 is 0 Å². The molecule has 0 fully saturated rings. The Labute approximate surface area is 147 Å². The second-order valence-corrected chi connectivity index (χ2v) is 5.68. The van der Waals surface area contributed by atoms with Gasteiger partial charge in [-0.1, -0.05) is 72.9 Å². The molecule has 4 rings (SSSR count). The SMILES string of the molecule is c1ccc(-c2cnc([N-][n+]3ccccc3)c(-c3ccccc3)c2)cc1. The molecule has 0 bridgehead atoms. The Morgan fingerprint density at radius 1 is 0.640 bits per heavy atom. The minimum atomic E-state index is 0.696. The highest BCUT2D eigenvalue weighted by Gasteiger charge is 2.06. The van der Waals surface area contributed by atoms with E-state index in [4.69, 9.17) is 0 Å². The van der Waals surface area contributed by atoms with Gasteiger partial charge in [0.15, 0.2) is 12.4 Å². The van der Waals surface area contributed by atoms with Crippen molar-refractivity contribution < 1.29 is 4.68 Å². The standard InChI is InChI=1S/C22H17N3/c1-4-10-18(11-5-1)20-16-21(19-12-6-2-7-13-19)22(23-17-20)24-25-14-8-3-9-15-25/h1-17H. The lowest BCUT2D eigenvalue weighted by atomic mass is 10.0. The highest BCUT2D eigenvalue weighted by Crippen LogP contribution is 2.33. The van der Waals surface area contributed by atoms with Gasteiger partial charge in [0.2, 0.25) is 0 Å². The maximum absolute atomic E-state index is 4.66. The van der Waals surface area contributed by atoms with Crippen molar-refractivity contribution in [2.24, 2.45) is 0 Å². The van der Waals surface area contributed by atoms with Crippen molar-refractivity contribution in [3.8, 4) is 22.3 Å². The van der Waals surface area contributed by atoms with Crippen LogP contribution in [0.5, 0.6) is 0 Å². The maximum atomic E-state index is 4.66. The molecule has 0 atom stereocenters. The summed E-state index contributed by atoms with van der Waals surface area (Å²) in [6.45, 7) is 0. The summed E-state index contributed by atoms with van der Waals surface area (Å²) in [7, 11) is 0. The first-order valence-electron chi connectivity index (χ1n) is 8.19. The Hall–Kier alpha value is -3.46. The van der Waals surface area contributed by atoms with Crippen LogP contribution in [0.25, 0.3) is 27.7 Å². The van der Waals surface area contributed by atoms with Gasteiger partial charge in [0.25, 0.3) is 0 Å². The van der Waals surface area contributed by atoms with Gasteiger partial charge in [-0.2, -0.15) is 10.1 Å². The summed E-state index contributed by atoms with van der Waals surface area (Å²) in [5.74, 6) is 0.696. The topological polar surface area (TPSA) is 30.9 Å². The Morgan fingerprint density at radius 2 is 1.24 bits per heavy atom. The van der Waals surface area contributed by atoms with Crippen LogP contribution in [-0.4, -0.2) is 4.98 Å². The highest BCUT2D eigenvalue weighted by atomic mass is 15.4. The summed E-state index contributed by atoms with van der Waals surface area (Å²) < 4.78 is 1.77. The van der Waals surface area contributed by atoms with Gasteiger partial charge in [-0.15, -0.1) is 0 Å². The van der Waals surface area contributed by atoms with E-state index in [2.05, 4.69) is 40.7 Å². The third-order valence-corrected chi connectivity index (χ3v) is 3.97. The van der Waals surface area contributed by atoms with Crippen molar-refractivity contribution in [1.82, 2.24) is 4.98 Å². The van der Waals surface area contributed by atoms with Gasteiger partial charge in [0.1, 0.15) is 0 Å². The van der Waals surface area contributed by atoms with E-state index in [0.29, 0.717) is 5.82 Å². The minimum absolute atomic E-state index is 0.696. The monoisotopic (exact) mass is 323 g/mol. The number of pyridine rings is 2. The maximum Gasteiger partial charge on any atom is 0.182 e. The van der Waals surface area contributed by atoms with E-state index < -0.39 is 0 Å². The summed E-state index contributed by atoms with van der Waals surface area (Å²) in [6, 6.07) is 28.5. The van der Waals surface area contributed by atoms with Crippen LogP contribution in [0.1, 0.15) is 0 Å². The average molecular weight is 323 g/mol. The van der Waals surface area contributed by atoms with Gasteiger partial charge in [-0.25, -0.2) is 0 Å².